The van der Waals surface area contributed by atoms with Gasteiger partial charge >= 0.3 is 5.97 Å². The van der Waals surface area contributed by atoms with Crippen LogP contribution in [0.25, 0.3) is 0 Å². The maximum absolute atomic E-state index is 13.5. The molecule has 0 unspecified atom stereocenters. The molecule has 156 valence electrons. The van der Waals surface area contributed by atoms with Crippen LogP contribution in [0, 0.1) is 11.8 Å². The summed E-state index contributed by atoms with van der Waals surface area (Å²) in [5.74, 6) is -3.68. The normalized spacial score (nSPS) is 22.6. The van der Waals surface area contributed by atoms with Gasteiger partial charge in [-0.25, -0.2) is 0 Å². The molecule has 0 saturated carbocycles. The van der Waals surface area contributed by atoms with Gasteiger partial charge in [-0.2, -0.15) is 0 Å². The van der Waals surface area contributed by atoms with Gasteiger partial charge in [-0.3, -0.25) is 9.59 Å². The summed E-state index contributed by atoms with van der Waals surface area (Å²) in [6, 6.07) is 26.4. The lowest BCUT2D eigenvalue weighted by Crippen LogP contribution is -2.42. The maximum Gasteiger partial charge on any atom is 0.308 e. The van der Waals surface area contributed by atoms with Crippen LogP contribution in [-0.4, -0.2) is 17.0 Å². The van der Waals surface area contributed by atoms with E-state index in [-0.39, 0.29) is 11.8 Å². The van der Waals surface area contributed by atoms with Gasteiger partial charge in [0.05, 0.1) is 11.8 Å². The minimum Gasteiger partial charge on any atom is -0.481 e. The fourth-order valence-corrected chi connectivity index (χ4v) is 4.74. The molecule has 0 aliphatic heterocycles. The van der Waals surface area contributed by atoms with E-state index in [4.69, 9.17) is 0 Å². The molecule has 3 aromatic rings. The molecule has 1 aliphatic rings. The molecule has 5 heteroatoms. The molecule has 1 aliphatic carbocycles. The average molecular weight is 476 g/mol. The average Bonchev–Trinajstić information content (AvgIpc) is 2.79. The number of hydrogen-bond donors (Lipinski definition) is 2. The Bertz CT molecular complexity index is 1100. The van der Waals surface area contributed by atoms with Crippen molar-refractivity contribution >= 4 is 33.5 Å². The summed E-state index contributed by atoms with van der Waals surface area (Å²) in [7, 11) is 0. The summed E-state index contributed by atoms with van der Waals surface area (Å²) in [4.78, 5) is 26.0. The lowest BCUT2D eigenvalue weighted by Gasteiger charge is -2.37. The Labute approximate surface area is 189 Å². The minimum atomic E-state index is -0.978. The smallest absolute Gasteiger partial charge is 0.308 e. The molecule has 0 aromatic heterocycles. The fourth-order valence-electron chi connectivity index (χ4n) is 4.34. The number of carboxylic acids is 1. The summed E-state index contributed by atoms with van der Waals surface area (Å²) < 4.78 is 0.838. The van der Waals surface area contributed by atoms with Gasteiger partial charge in [-0.15, -0.1) is 0 Å². The number of halogens is 1. The van der Waals surface area contributed by atoms with E-state index in [9.17, 15) is 14.7 Å². The Hall–Kier alpha value is -3.18. The van der Waals surface area contributed by atoms with Gasteiger partial charge in [0.2, 0.25) is 5.91 Å². The molecule has 0 bridgehead atoms. The third kappa shape index (κ3) is 4.62. The van der Waals surface area contributed by atoms with E-state index in [0.29, 0.717) is 5.69 Å². The second-order valence-electron chi connectivity index (χ2n) is 7.65. The molecule has 31 heavy (non-hydrogen) atoms. The molecule has 3 aromatic carbocycles. The molecule has 0 spiro atoms. The summed E-state index contributed by atoms with van der Waals surface area (Å²) >= 11 is 3.42. The summed E-state index contributed by atoms with van der Waals surface area (Å²) in [6.45, 7) is 0. The molecule has 4 nitrogen and oxygen atoms in total. The zero-order chi connectivity index (χ0) is 21.8. The molecule has 4 atom stereocenters. The van der Waals surface area contributed by atoms with E-state index >= 15 is 0 Å². The predicted molar refractivity (Wildman–Crippen MR) is 125 cm³/mol. The highest BCUT2D eigenvalue weighted by Crippen LogP contribution is 2.45. The third-order valence-corrected chi connectivity index (χ3v) is 6.23. The van der Waals surface area contributed by atoms with Crippen LogP contribution in [0.5, 0.6) is 0 Å². The standard InChI is InChI=1S/C26H22BrNO3/c27-19-12-7-13-20(16-19)28-25(29)23-21(17-8-3-1-4-9-17)14-15-22(24(23)26(30)31)18-10-5-2-6-11-18/h1-16,21-24H,(H,28,29)(H,30,31)/t21-,22-,23-,24+/m0/s1. The summed E-state index contributed by atoms with van der Waals surface area (Å²) in [6.07, 6.45) is 3.92. The van der Waals surface area contributed by atoms with Crippen molar-refractivity contribution in [2.75, 3.05) is 5.32 Å². The highest BCUT2D eigenvalue weighted by atomic mass is 79.9. The molecule has 0 radical (unpaired) electrons. The minimum absolute atomic E-state index is 0.301. The van der Waals surface area contributed by atoms with Crippen LogP contribution in [0.3, 0.4) is 0 Å². The lowest BCUT2D eigenvalue weighted by atomic mass is 9.66. The Morgan fingerprint density at radius 2 is 1.29 bits per heavy atom. The van der Waals surface area contributed by atoms with E-state index < -0.39 is 23.7 Å². The monoisotopic (exact) mass is 475 g/mol. The van der Waals surface area contributed by atoms with Crippen molar-refractivity contribution in [1.82, 2.24) is 0 Å². The van der Waals surface area contributed by atoms with Crippen LogP contribution in [0.4, 0.5) is 5.69 Å². The van der Waals surface area contributed by atoms with Crippen molar-refractivity contribution in [1.29, 1.82) is 0 Å². The molecule has 1 amide bonds. The number of rotatable bonds is 5. The largest absolute Gasteiger partial charge is 0.481 e. The molecular formula is C26H22BrNO3. The first-order valence-electron chi connectivity index (χ1n) is 10.1. The topological polar surface area (TPSA) is 66.4 Å². The number of allylic oxidation sites excluding steroid dienone is 2. The first-order chi connectivity index (χ1) is 15.0. The first-order valence-corrected chi connectivity index (χ1v) is 10.9. The lowest BCUT2D eigenvalue weighted by molar-refractivity contribution is -0.147. The number of nitrogens with one attached hydrogen (secondary N) is 1. The fraction of sp³-hybridized carbons (Fsp3) is 0.154. The second-order valence-corrected chi connectivity index (χ2v) is 8.56. The van der Waals surface area contributed by atoms with E-state index in [1.165, 1.54) is 0 Å². The van der Waals surface area contributed by atoms with Gasteiger partial charge in [-0.1, -0.05) is 94.8 Å². The molecule has 4 rings (SSSR count). The number of benzene rings is 3. The maximum atomic E-state index is 13.5. The van der Waals surface area contributed by atoms with Crippen LogP contribution in [-0.2, 0) is 9.59 Å². The van der Waals surface area contributed by atoms with Gasteiger partial charge in [0.15, 0.2) is 0 Å². The number of aliphatic carboxylic acids is 1. The summed E-state index contributed by atoms with van der Waals surface area (Å²) in [5, 5.41) is 13.2. The highest BCUT2D eigenvalue weighted by molar-refractivity contribution is 9.10. The van der Waals surface area contributed by atoms with Crippen LogP contribution < -0.4 is 5.32 Å². The third-order valence-electron chi connectivity index (χ3n) is 5.74. The van der Waals surface area contributed by atoms with Gasteiger partial charge in [0.25, 0.3) is 0 Å². The zero-order valence-electron chi connectivity index (χ0n) is 16.7. The number of anilines is 1. The van der Waals surface area contributed by atoms with Crippen molar-refractivity contribution < 1.29 is 14.7 Å². The van der Waals surface area contributed by atoms with Gasteiger partial charge in [-0.05, 0) is 29.3 Å². The first kappa shape index (κ1) is 21.1. The van der Waals surface area contributed by atoms with Gasteiger partial charge in [0, 0.05) is 22.0 Å². The Morgan fingerprint density at radius 1 is 0.742 bits per heavy atom. The number of amides is 1. The van der Waals surface area contributed by atoms with E-state index in [0.717, 1.165) is 15.6 Å². The van der Waals surface area contributed by atoms with Crippen molar-refractivity contribution in [2.24, 2.45) is 11.8 Å². The second kappa shape index (κ2) is 9.31. The van der Waals surface area contributed by atoms with Crippen molar-refractivity contribution in [3.8, 4) is 0 Å². The molecular weight excluding hydrogens is 454 g/mol. The van der Waals surface area contributed by atoms with E-state index in [1.807, 2.05) is 84.9 Å². The molecule has 0 fully saturated rings. The zero-order valence-corrected chi connectivity index (χ0v) is 18.3. The number of hydrogen-bond acceptors (Lipinski definition) is 2. The van der Waals surface area contributed by atoms with Crippen molar-refractivity contribution in [3.63, 3.8) is 0 Å². The number of carbonyl (C=O) groups excluding carboxylic acids is 1. The molecule has 0 heterocycles. The molecule has 0 saturated heterocycles. The molecule has 2 N–H and O–H groups in total. The summed E-state index contributed by atoms with van der Waals surface area (Å²) in [5.41, 5.74) is 2.44. The Morgan fingerprint density at radius 3 is 1.81 bits per heavy atom. The number of carbonyl (C=O) groups is 2. The SMILES string of the molecule is O=C(Nc1cccc(Br)c1)[C@@H]1[C@H](C(=O)O)[C@H](c2ccccc2)C=C[C@H]1c1ccccc1. The van der Waals surface area contributed by atoms with Crippen LogP contribution in [0.1, 0.15) is 23.0 Å². The van der Waals surface area contributed by atoms with Crippen LogP contribution >= 0.6 is 15.9 Å². The number of carboxylic acid groups (broad SMARTS) is 1. The van der Waals surface area contributed by atoms with E-state index in [1.54, 1.807) is 12.1 Å². The van der Waals surface area contributed by atoms with Gasteiger partial charge in [0.1, 0.15) is 0 Å². The van der Waals surface area contributed by atoms with Crippen molar-refractivity contribution in [3.05, 3.63) is 113 Å². The van der Waals surface area contributed by atoms with Gasteiger partial charge < -0.3 is 10.4 Å². The van der Waals surface area contributed by atoms with Crippen LogP contribution in [0.15, 0.2) is 102 Å². The Balaban J connectivity index is 1.77. The predicted octanol–water partition coefficient (Wildman–Crippen LogP) is 5.84. The van der Waals surface area contributed by atoms with Crippen LogP contribution in [0.2, 0.25) is 0 Å². The Kier molecular flexibility index (Phi) is 6.33. The quantitative estimate of drug-likeness (QED) is 0.455. The van der Waals surface area contributed by atoms with Crippen molar-refractivity contribution in [2.45, 2.75) is 11.8 Å². The van der Waals surface area contributed by atoms with E-state index in [2.05, 4.69) is 21.2 Å². The highest BCUT2D eigenvalue weighted by Gasteiger charge is 2.46.